The highest BCUT2D eigenvalue weighted by Crippen LogP contribution is 2.20. The summed E-state index contributed by atoms with van der Waals surface area (Å²) < 4.78 is 0.699. The smallest absolute Gasteiger partial charge is 0.326 e. The molecule has 7 heteroatoms. The fourth-order valence-corrected chi connectivity index (χ4v) is 1.89. The fraction of sp³-hybridized carbons (Fsp3) is 0.308. The second kappa shape index (κ2) is 6.91. The highest BCUT2D eigenvalue weighted by Gasteiger charge is 2.23. The molecule has 0 heterocycles. The highest BCUT2D eigenvalue weighted by atomic mass is 79.9. The first-order valence-electron chi connectivity index (χ1n) is 5.85. The van der Waals surface area contributed by atoms with Crippen LogP contribution in [0.25, 0.3) is 0 Å². The molecule has 0 saturated carbocycles. The molecule has 1 aromatic carbocycles. The van der Waals surface area contributed by atoms with Crippen LogP contribution in [-0.2, 0) is 4.79 Å². The number of carbonyl (C=O) groups excluding carboxylic acids is 1. The van der Waals surface area contributed by atoms with Crippen molar-refractivity contribution in [2.45, 2.75) is 19.9 Å². The van der Waals surface area contributed by atoms with Gasteiger partial charge in [-0.1, -0.05) is 29.8 Å². The summed E-state index contributed by atoms with van der Waals surface area (Å²) in [5, 5.41) is 22.8. The van der Waals surface area contributed by atoms with Crippen molar-refractivity contribution >= 4 is 33.6 Å². The minimum atomic E-state index is -1.11. The van der Waals surface area contributed by atoms with Crippen LogP contribution in [0.3, 0.4) is 0 Å². The molecular formula is C13H14BrN3O3. The molecule has 0 aliphatic heterocycles. The number of nitrogens with zero attached hydrogens (tertiary/aromatic N) is 1. The topological polar surface area (TPSA) is 102 Å². The molecule has 0 radical (unpaired) electrons. The van der Waals surface area contributed by atoms with Crippen LogP contribution in [0, 0.1) is 17.2 Å². The van der Waals surface area contributed by atoms with Gasteiger partial charge in [0.05, 0.1) is 11.3 Å². The van der Waals surface area contributed by atoms with E-state index in [0.29, 0.717) is 15.7 Å². The van der Waals surface area contributed by atoms with E-state index in [1.54, 1.807) is 32.0 Å². The van der Waals surface area contributed by atoms with E-state index in [0.717, 1.165) is 0 Å². The molecule has 0 saturated heterocycles. The molecule has 0 fully saturated rings. The number of hydrogen-bond donors (Lipinski definition) is 3. The Balaban J connectivity index is 2.84. The standard InChI is InChI=1S/C13H14BrN3O3/c1-7(2)11(12(18)19)17-13(20)16-10-5-9(14)4-3-8(10)6-15/h3-5,7,11H,1-2H3,(H,18,19)(H2,16,17,20). The van der Waals surface area contributed by atoms with Crippen molar-refractivity contribution in [1.29, 1.82) is 5.26 Å². The van der Waals surface area contributed by atoms with Gasteiger partial charge in [-0.25, -0.2) is 9.59 Å². The van der Waals surface area contributed by atoms with E-state index in [-0.39, 0.29) is 5.92 Å². The lowest BCUT2D eigenvalue weighted by atomic mass is 10.1. The average Bonchev–Trinajstić information content (AvgIpc) is 2.35. The van der Waals surface area contributed by atoms with Crippen LogP contribution in [0.2, 0.25) is 0 Å². The second-order valence-electron chi connectivity index (χ2n) is 4.46. The molecule has 0 bridgehead atoms. The predicted molar refractivity (Wildman–Crippen MR) is 77.3 cm³/mol. The fourth-order valence-electron chi connectivity index (χ4n) is 1.53. The molecule has 1 unspecified atom stereocenters. The third kappa shape index (κ3) is 4.24. The molecular weight excluding hydrogens is 326 g/mol. The first-order chi connectivity index (χ1) is 9.35. The Bertz CT molecular complexity index is 566. The lowest BCUT2D eigenvalue weighted by molar-refractivity contribution is -0.140. The van der Waals surface area contributed by atoms with E-state index in [4.69, 9.17) is 10.4 Å². The third-order valence-electron chi connectivity index (χ3n) is 2.57. The van der Waals surface area contributed by atoms with Gasteiger partial charge in [0.15, 0.2) is 0 Å². The van der Waals surface area contributed by atoms with Crippen LogP contribution in [-0.4, -0.2) is 23.1 Å². The Hall–Kier alpha value is -2.07. The number of carboxylic acids is 1. The predicted octanol–water partition coefficient (Wildman–Crippen LogP) is 2.55. The Morgan fingerprint density at radius 3 is 2.55 bits per heavy atom. The van der Waals surface area contributed by atoms with Gasteiger partial charge in [-0.2, -0.15) is 5.26 Å². The van der Waals surface area contributed by atoms with E-state index in [9.17, 15) is 9.59 Å². The van der Waals surface area contributed by atoms with Crippen LogP contribution < -0.4 is 10.6 Å². The number of nitriles is 1. The largest absolute Gasteiger partial charge is 0.480 e. The molecule has 1 atom stereocenters. The van der Waals surface area contributed by atoms with Crippen molar-refractivity contribution < 1.29 is 14.7 Å². The SMILES string of the molecule is CC(C)C(NC(=O)Nc1cc(Br)ccc1C#N)C(=O)O. The van der Waals surface area contributed by atoms with Gasteiger partial charge in [-0.3, -0.25) is 0 Å². The number of urea groups is 1. The van der Waals surface area contributed by atoms with Crippen LogP contribution >= 0.6 is 15.9 Å². The molecule has 2 amide bonds. The van der Waals surface area contributed by atoms with Gasteiger partial charge in [0.2, 0.25) is 0 Å². The highest BCUT2D eigenvalue weighted by molar-refractivity contribution is 9.10. The number of hydrogen-bond acceptors (Lipinski definition) is 3. The van der Waals surface area contributed by atoms with Crippen molar-refractivity contribution in [2.75, 3.05) is 5.32 Å². The quantitative estimate of drug-likeness (QED) is 0.784. The Morgan fingerprint density at radius 2 is 2.05 bits per heavy atom. The zero-order valence-electron chi connectivity index (χ0n) is 11.0. The van der Waals surface area contributed by atoms with Crippen LogP contribution in [0.15, 0.2) is 22.7 Å². The first-order valence-corrected chi connectivity index (χ1v) is 6.64. The third-order valence-corrected chi connectivity index (χ3v) is 3.06. The second-order valence-corrected chi connectivity index (χ2v) is 5.38. The van der Waals surface area contributed by atoms with Crippen molar-refractivity contribution in [3.8, 4) is 6.07 Å². The van der Waals surface area contributed by atoms with Crippen LogP contribution in [0.4, 0.5) is 10.5 Å². The zero-order chi connectivity index (χ0) is 15.3. The summed E-state index contributed by atoms with van der Waals surface area (Å²) >= 11 is 3.24. The van der Waals surface area contributed by atoms with Crippen LogP contribution in [0.5, 0.6) is 0 Å². The Labute approximate surface area is 124 Å². The molecule has 3 N–H and O–H groups in total. The van der Waals surface area contributed by atoms with E-state index < -0.39 is 18.0 Å². The van der Waals surface area contributed by atoms with Gasteiger partial charge in [-0.05, 0) is 24.1 Å². The molecule has 0 aliphatic rings. The first kappa shape index (κ1) is 16.0. The minimum Gasteiger partial charge on any atom is -0.480 e. The molecule has 0 aromatic heterocycles. The summed E-state index contributed by atoms with van der Waals surface area (Å²) in [6.07, 6.45) is 0. The van der Waals surface area contributed by atoms with E-state index in [1.807, 2.05) is 6.07 Å². The summed E-state index contributed by atoms with van der Waals surface area (Å²) in [6, 6.07) is 5.09. The molecule has 6 nitrogen and oxygen atoms in total. The maximum atomic E-state index is 11.8. The minimum absolute atomic E-state index is 0.254. The number of anilines is 1. The maximum absolute atomic E-state index is 11.8. The summed E-state index contributed by atoms with van der Waals surface area (Å²) in [5.74, 6) is -1.36. The number of rotatable bonds is 4. The van der Waals surface area contributed by atoms with Crippen molar-refractivity contribution in [3.05, 3.63) is 28.2 Å². The van der Waals surface area contributed by atoms with Crippen LogP contribution in [0.1, 0.15) is 19.4 Å². The molecule has 0 aliphatic carbocycles. The van der Waals surface area contributed by atoms with E-state index in [1.165, 1.54) is 0 Å². The molecule has 1 aromatic rings. The van der Waals surface area contributed by atoms with Gasteiger partial charge in [-0.15, -0.1) is 0 Å². The lowest BCUT2D eigenvalue weighted by Gasteiger charge is -2.18. The summed E-state index contributed by atoms with van der Waals surface area (Å²) in [4.78, 5) is 22.8. The van der Waals surface area contributed by atoms with Crippen molar-refractivity contribution in [1.82, 2.24) is 5.32 Å². The van der Waals surface area contributed by atoms with Gasteiger partial charge in [0.1, 0.15) is 12.1 Å². The van der Waals surface area contributed by atoms with Crippen molar-refractivity contribution in [3.63, 3.8) is 0 Å². The van der Waals surface area contributed by atoms with Gasteiger partial charge in [0, 0.05) is 4.47 Å². The number of aliphatic carboxylic acids is 1. The number of amides is 2. The summed E-state index contributed by atoms with van der Waals surface area (Å²) in [6.45, 7) is 3.39. The van der Waals surface area contributed by atoms with Gasteiger partial charge in [0.25, 0.3) is 0 Å². The van der Waals surface area contributed by atoms with Gasteiger partial charge >= 0.3 is 12.0 Å². The lowest BCUT2D eigenvalue weighted by Crippen LogP contribution is -2.46. The molecule has 1 rings (SSSR count). The average molecular weight is 340 g/mol. The number of halogens is 1. The molecule has 0 spiro atoms. The maximum Gasteiger partial charge on any atom is 0.326 e. The monoisotopic (exact) mass is 339 g/mol. The van der Waals surface area contributed by atoms with E-state index in [2.05, 4.69) is 26.6 Å². The van der Waals surface area contributed by atoms with E-state index >= 15 is 0 Å². The summed E-state index contributed by atoms with van der Waals surface area (Å²) in [5.41, 5.74) is 0.604. The number of carbonyl (C=O) groups is 2. The molecule has 20 heavy (non-hydrogen) atoms. The van der Waals surface area contributed by atoms with Gasteiger partial charge < -0.3 is 15.7 Å². The number of benzene rings is 1. The number of carboxylic acid groups (broad SMARTS) is 1. The Morgan fingerprint density at radius 1 is 1.40 bits per heavy atom. The Kier molecular flexibility index (Phi) is 5.53. The molecule has 106 valence electrons. The van der Waals surface area contributed by atoms with Crippen molar-refractivity contribution in [2.24, 2.45) is 5.92 Å². The zero-order valence-corrected chi connectivity index (χ0v) is 12.6. The normalized spacial score (nSPS) is 11.6. The number of nitrogens with one attached hydrogen (secondary N) is 2. The summed E-state index contributed by atoms with van der Waals surface area (Å²) in [7, 11) is 0.